The second-order valence-corrected chi connectivity index (χ2v) is 9.36. The summed E-state index contributed by atoms with van der Waals surface area (Å²) in [5, 5.41) is 12.7. The van der Waals surface area contributed by atoms with Crippen LogP contribution < -0.4 is 10.1 Å². The molecule has 1 aliphatic carbocycles. The van der Waals surface area contributed by atoms with Crippen LogP contribution in [-0.2, 0) is 31.1 Å². The van der Waals surface area contributed by atoms with E-state index in [0.29, 0.717) is 19.4 Å². The summed E-state index contributed by atoms with van der Waals surface area (Å²) in [6.45, 7) is 4.13. The van der Waals surface area contributed by atoms with E-state index in [1.807, 2.05) is 24.0 Å². The third kappa shape index (κ3) is 3.36. The number of carbonyl (C=O) groups is 3. The molecule has 1 saturated carbocycles. The normalized spacial score (nSPS) is 30.5. The first-order chi connectivity index (χ1) is 15.2. The van der Waals surface area contributed by atoms with E-state index in [4.69, 9.17) is 9.47 Å². The van der Waals surface area contributed by atoms with Crippen molar-refractivity contribution in [3.05, 3.63) is 29.3 Å². The van der Waals surface area contributed by atoms with Gasteiger partial charge in [0.2, 0.25) is 11.8 Å². The van der Waals surface area contributed by atoms with Gasteiger partial charge in [0.25, 0.3) is 0 Å². The molecule has 2 amide bonds. The highest BCUT2D eigenvalue weighted by molar-refractivity contribution is 5.89. The van der Waals surface area contributed by atoms with Gasteiger partial charge in [0.15, 0.2) is 6.04 Å². The summed E-state index contributed by atoms with van der Waals surface area (Å²) in [5.41, 5.74) is 1.73. The fraction of sp³-hybridized carbons (Fsp3) is 0.625. The Kier molecular flexibility index (Phi) is 5.92. The van der Waals surface area contributed by atoms with E-state index in [9.17, 15) is 19.5 Å². The number of hydrogen-bond donors (Lipinski definition) is 2. The molecule has 4 rings (SSSR count). The number of hydrogen-bond acceptors (Lipinski definition) is 6. The minimum Gasteiger partial charge on any atom is -0.497 e. The number of aliphatic hydroxyl groups is 1. The van der Waals surface area contributed by atoms with Gasteiger partial charge >= 0.3 is 5.97 Å². The van der Waals surface area contributed by atoms with E-state index in [2.05, 4.69) is 11.4 Å². The lowest BCUT2D eigenvalue weighted by Gasteiger charge is -2.39. The molecule has 1 aromatic carbocycles. The van der Waals surface area contributed by atoms with Gasteiger partial charge < -0.3 is 24.8 Å². The van der Waals surface area contributed by atoms with Crippen molar-refractivity contribution in [2.45, 2.75) is 57.2 Å². The fourth-order valence-electron chi connectivity index (χ4n) is 6.32. The molecule has 0 radical (unpaired) electrons. The van der Waals surface area contributed by atoms with E-state index in [1.54, 1.807) is 7.11 Å². The average molecular weight is 445 g/mol. The second kappa shape index (κ2) is 8.39. The number of aryl methyl sites for hydroxylation is 1. The van der Waals surface area contributed by atoms with E-state index in [0.717, 1.165) is 29.7 Å². The fourth-order valence-corrected chi connectivity index (χ4v) is 6.32. The van der Waals surface area contributed by atoms with E-state index >= 15 is 0 Å². The Morgan fingerprint density at radius 1 is 1.31 bits per heavy atom. The Hall–Kier alpha value is -2.61. The molecule has 2 heterocycles. The molecule has 3 aliphatic rings. The van der Waals surface area contributed by atoms with E-state index in [-0.39, 0.29) is 23.7 Å². The molecular formula is C24H32N2O6. The van der Waals surface area contributed by atoms with E-state index in [1.165, 1.54) is 14.0 Å². The van der Waals surface area contributed by atoms with Crippen molar-refractivity contribution in [3.8, 4) is 5.75 Å². The highest BCUT2D eigenvalue weighted by atomic mass is 16.5. The summed E-state index contributed by atoms with van der Waals surface area (Å²) < 4.78 is 10.2. The molecule has 8 heteroatoms. The molecule has 0 unspecified atom stereocenters. The highest BCUT2D eigenvalue weighted by Gasteiger charge is 2.64. The van der Waals surface area contributed by atoms with Crippen molar-refractivity contribution in [2.75, 3.05) is 20.8 Å². The number of ether oxygens (including phenoxy) is 2. The standard InChI is InChI=1S/C24H32N2O6/c1-13-12-24-17-8-7-16(31-3)10-15(17)6-5-9-26(24)19(28)11-18(24)20(13)22(29)25-21(14(2)27)23(30)32-4/h7-8,10,13-14,18,20-21,27H,5-6,9,11-12H2,1-4H3,(H,25,29)/t13-,14+,18-,20+,21-,24-/m0/s1. The lowest BCUT2D eigenvalue weighted by molar-refractivity contribution is -0.149. The Morgan fingerprint density at radius 2 is 2.06 bits per heavy atom. The van der Waals surface area contributed by atoms with E-state index < -0.39 is 29.6 Å². The van der Waals surface area contributed by atoms with Crippen LogP contribution in [0.3, 0.4) is 0 Å². The van der Waals surface area contributed by atoms with Crippen LogP contribution in [0.15, 0.2) is 18.2 Å². The predicted molar refractivity (Wildman–Crippen MR) is 116 cm³/mol. The van der Waals surface area contributed by atoms with Gasteiger partial charge in [0.1, 0.15) is 5.75 Å². The number of aliphatic hydroxyl groups excluding tert-OH is 1. The largest absolute Gasteiger partial charge is 0.497 e. The Bertz CT molecular complexity index is 931. The maximum absolute atomic E-state index is 13.4. The van der Waals surface area contributed by atoms with Crippen LogP contribution in [0.1, 0.15) is 44.2 Å². The lowest BCUT2D eigenvalue weighted by Crippen LogP contribution is -2.51. The Labute approximate surface area is 188 Å². The molecule has 2 aliphatic heterocycles. The number of esters is 1. The smallest absolute Gasteiger partial charge is 0.331 e. The molecule has 1 aromatic rings. The molecule has 1 spiro atoms. The van der Waals surface area contributed by atoms with Crippen LogP contribution in [0.4, 0.5) is 0 Å². The van der Waals surface area contributed by atoms with Crippen LogP contribution in [0.5, 0.6) is 5.75 Å². The van der Waals surface area contributed by atoms with Gasteiger partial charge in [-0.25, -0.2) is 4.79 Å². The summed E-state index contributed by atoms with van der Waals surface area (Å²) in [6, 6.07) is 4.88. The van der Waals surface area contributed by atoms with Crippen molar-refractivity contribution in [1.82, 2.24) is 10.2 Å². The lowest BCUT2D eigenvalue weighted by atomic mass is 9.76. The molecular weight excluding hydrogens is 412 g/mol. The first kappa shape index (κ1) is 22.6. The number of nitrogens with zero attached hydrogens (tertiary/aromatic N) is 1. The quantitative estimate of drug-likeness (QED) is 0.665. The molecule has 2 fully saturated rings. The number of nitrogens with one attached hydrogen (secondary N) is 1. The van der Waals surface area contributed by atoms with Gasteiger partial charge in [0, 0.05) is 24.8 Å². The van der Waals surface area contributed by atoms with Crippen LogP contribution in [0, 0.1) is 17.8 Å². The zero-order valence-corrected chi connectivity index (χ0v) is 19.1. The third-order valence-electron chi connectivity index (χ3n) is 7.62. The van der Waals surface area contributed by atoms with Gasteiger partial charge in [-0.2, -0.15) is 0 Å². The van der Waals surface area contributed by atoms with Gasteiger partial charge in [-0.3, -0.25) is 9.59 Å². The summed E-state index contributed by atoms with van der Waals surface area (Å²) in [4.78, 5) is 40.6. The number of benzene rings is 1. The minimum atomic E-state index is -1.14. The van der Waals surface area contributed by atoms with Crippen molar-refractivity contribution in [3.63, 3.8) is 0 Å². The van der Waals surface area contributed by atoms with Crippen LogP contribution in [0.25, 0.3) is 0 Å². The first-order valence-electron chi connectivity index (χ1n) is 11.3. The average Bonchev–Trinajstić information content (AvgIpc) is 3.12. The first-order valence-corrected chi connectivity index (χ1v) is 11.3. The Balaban J connectivity index is 1.73. The van der Waals surface area contributed by atoms with Crippen molar-refractivity contribution in [2.24, 2.45) is 17.8 Å². The van der Waals surface area contributed by atoms with Crippen molar-refractivity contribution in [1.29, 1.82) is 0 Å². The summed E-state index contributed by atoms with van der Waals surface area (Å²) >= 11 is 0. The zero-order valence-electron chi connectivity index (χ0n) is 19.1. The summed E-state index contributed by atoms with van der Waals surface area (Å²) in [5.74, 6) is -0.813. The predicted octanol–water partition coefficient (Wildman–Crippen LogP) is 1.38. The molecule has 0 aromatic heterocycles. The maximum Gasteiger partial charge on any atom is 0.331 e. The number of carbonyl (C=O) groups excluding carboxylic acids is 3. The van der Waals surface area contributed by atoms with Crippen LogP contribution in [0.2, 0.25) is 0 Å². The summed E-state index contributed by atoms with van der Waals surface area (Å²) in [7, 11) is 2.87. The van der Waals surface area contributed by atoms with Gasteiger partial charge in [-0.1, -0.05) is 13.0 Å². The van der Waals surface area contributed by atoms with Gasteiger partial charge in [-0.15, -0.1) is 0 Å². The zero-order chi connectivity index (χ0) is 23.2. The number of rotatable bonds is 5. The van der Waals surface area contributed by atoms with Crippen molar-refractivity contribution < 1.29 is 29.0 Å². The molecule has 174 valence electrons. The molecule has 6 atom stereocenters. The topological polar surface area (TPSA) is 105 Å². The molecule has 1 saturated heterocycles. The van der Waals surface area contributed by atoms with Gasteiger partial charge in [0.05, 0.1) is 25.9 Å². The second-order valence-electron chi connectivity index (χ2n) is 9.36. The molecule has 8 nitrogen and oxygen atoms in total. The number of fused-ring (bicyclic) bond motifs is 1. The highest BCUT2D eigenvalue weighted by Crippen LogP contribution is 2.60. The number of amides is 2. The Morgan fingerprint density at radius 3 is 2.72 bits per heavy atom. The monoisotopic (exact) mass is 444 g/mol. The molecule has 2 N–H and O–H groups in total. The SMILES string of the molecule is COC(=O)[C@@H](NC(=O)[C@@H]1[C@@H](C)C[C@@]23c4ccc(OC)cc4CCCN2C(=O)C[C@@H]13)[C@@H](C)O. The van der Waals surface area contributed by atoms with Crippen LogP contribution >= 0.6 is 0 Å². The van der Waals surface area contributed by atoms with Gasteiger partial charge in [-0.05, 0) is 55.4 Å². The molecule has 0 bridgehead atoms. The minimum absolute atomic E-state index is 0.00375. The summed E-state index contributed by atoms with van der Waals surface area (Å²) in [6.07, 6.45) is 1.59. The third-order valence-corrected chi connectivity index (χ3v) is 7.62. The maximum atomic E-state index is 13.4. The van der Waals surface area contributed by atoms with Crippen LogP contribution in [-0.4, -0.2) is 60.7 Å². The number of methoxy groups -OCH3 is 2. The van der Waals surface area contributed by atoms with Crippen molar-refractivity contribution >= 4 is 17.8 Å². The molecule has 32 heavy (non-hydrogen) atoms.